The minimum atomic E-state index is -0.447. The van der Waals surface area contributed by atoms with Crippen molar-refractivity contribution < 1.29 is 8.78 Å². The van der Waals surface area contributed by atoms with E-state index in [4.69, 9.17) is 5.73 Å². The lowest BCUT2D eigenvalue weighted by molar-refractivity contribution is 0.577. The molecule has 1 unspecified atom stereocenters. The van der Waals surface area contributed by atoms with Gasteiger partial charge in [-0.1, -0.05) is 33.8 Å². The first-order valence-electron chi connectivity index (χ1n) is 6.12. The van der Waals surface area contributed by atoms with Crippen LogP contribution in [-0.2, 0) is 6.42 Å². The maximum atomic E-state index is 13.7. The summed E-state index contributed by atoms with van der Waals surface area (Å²) in [4.78, 5) is 1.15. The van der Waals surface area contributed by atoms with Gasteiger partial charge in [-0.2, -0.15) is 0 Å². The average Bonchev–Trinajstić information content (AvgIpc) is 2.37. The van der Waals surface area contributed by atoms with Crippen LogP contribution in [0.5, 0.6) is 0 Å². The molecule has 0 saturated carbocycles. The third kappa shape index (κ3) is 4.04. The van der Waals surface area contributed by atoms with Gasteiger partial charge in [0.1, 0.15) is 11.6 Å². The van der Waals surface area contributed by atoms with Gasteiger partial charge in [-0.15, -0.1) is 0 Å². The fourth-order valence-corrected chi connectivity index (χ4v) is 3.37. The Labute approximate surface area is 129 Å². The first-order valence-corrected chi connectivity index (χ1v) is 7.73. The van der Waals surface area contributed by atoms with Crippen molar-refractivity contribution in [1.29, 1.82) is 0 Å². The summed E-state index contributed by atoms with van der Waals surface area (Å²) in [6.45, 7) is 1.92. The molecule has 2 aromatic carbocycles. The molecule has 0 aliphatic rings. The molecule has 1 atom stereocenters. The van der Waals surface area contributed by atoms with E-state index in [9.17, 15) is 8.78 Å². The molecule has 106 valence electrons. The van der Waals surface area contributed by atoms with Crippen LogP contribution in [0.3, 0.4) is 0 Å². The monoisotopic (exact) mass is 357 g/mol. The van der Waals surface area contributed by atoms with Crippen LogP contribution in [0.2, 0.25) is 0 Å². The molecule has 0 aliphatic heterocycles. The highest BCUT2D eigenvalue weighted by Crippen LogP contribution is 2.34. The van der Waals surface area contributed by atoms with Crippen LogP contribution in [-0.4, -0.2) is 6.04 Å². The summed E-state index contributed by atoms with van der Waals surface area (Å²) >= 11 is 4.61. The SMILES string of the molecule is CC(N)Cc1ccc(Br)cc1Sc1cc(F)ccc1F. The lowest BCUT2D eigenvalue weighted by Crippen LogP contribution is -2.18. The molecule has 5 heteroatoms. The fourth-order valence-electron chi connectivity index (χ4n) is 1.81. The van der Waals surface area contributed by atoms with Crippen molar-refractivity contribution in [1.82, 2.24) is 0 Å². The summed E-state index contributed by atoms with van der Waals surface area (Å²) in [6.07, 6.45) is 0.687. The normalized spacial score (nSPS) is 12.4. The van der Waals surface area contributed by atoms with Crippen molar-refractivity contribution in [2.45, 2.75) is 29.2 Å². The topological polar surface area (TPSA) is 26.0 Å². The van der Waals surface area contributed by atoms with Gasteiger partial charge in [-0.05, 0) is 49.2 Å². The lowest BCUT2D eigenvalue weighted by Gasteiger charge is -2.12. The van der Waals surface area contributed by atoms with E-state index in [0.717, 1.165) is 27.1 Å². The maximum absolute atomic E-state index is 13.7. The van der Waals surface area contributed by atoms with E-state index >= 15 is 0 Å². The van der Waals surface area contributed by atoms with Crippen molar-refractivity contribution in [3.63, 3.8) is 0 Å². The van der Waals surface area contributed by atoms with Gasteiger partial charge in [0.2, 0.25) is 0 Å². The van der Waals surface area contributed by atoms with Crippen molar-refractivity contribution >= 4 is 27.7 Å². The zero-order valence-corrected chi connectivity index (χ0v) is 13.3. The molecule has 0 spiro atoms. The number of nitrogens with two attached hydrogens (primary N) is 1. The van der Waals surface area contributed by atoms with E-state index in [2.05, 4.69) is 15.9 Å². The van der Waals surface area contributed by atoms with Crippen molar-refractivity contribution in [2.24, 2.45) is 5.73 Å². The predicted molar refractivity (Wildman–Crippen MR) is 82.0 cm³/mol. The summed E-state index contributed by atoms with van der Waals surface area (Å²) in [6, 6.07) is 9.23. The average molecular weight is 358 g/mol. The molecule has 2 N–H and O–H groups in total. The van der Waals surface area contributed by atoms with E-state index in [1.54, 1.807) is 0 Å². The van der Waals surface area contributed by atoms with Crippen LogP contribution in [0.15, 0.2) is 50.7 Å². The van der Waals surface area contributed by atoms with E-state index < -0.39 is 11.6 Å². The molecule has 0 saturated heterocycles. The number of benzene rings is 2. The molecule has 0 bridgehead atoms. The van der Waals surface area contributed by atoms with Crippen molar-refractivity contribution in [3.05, 3.63) is 58.1 Å². The van der Waals surface area contributed by atoms with Crippen molar-refractivity contribution in [3.8, 4) is 0 Å². The first kappa shape index (κ1) is 15.5. The highest BCUT2D eigenvalue weighted by atomic mass is 79.9. The smallest absolute Gasteiger partial charge is 0.137 e. The summed E-state index contributed by atoms with van der Waals surface area (Å²) in [5.74, 6) is -0.874. The Morgan fingerprint density at radius 1 is 1.15 bits per heavy atom. The molecule has 0 amide bonds. The van der Waals surface area contributed by atoms with Crippen molar-refractivity contribution in [2.75, 3.05) is 0 Å². The Hall–Kier alpha value is -0.910. The zero-order valence-electron chi connectivity index (χ0n) is 10.9. The number of hydrogen-bond acceptors (Lipinski definition) is 2. The molecule has 0 fully saturated rings. The molecule has 0 radical (unpaired) electrons. The molecule has 20 heavy (non-hydrogen) atoms. The van der Waals surface area contributed by atoms with Crippen LogP contribution in [0.25, 0.3) is 0 Å². The van der Waals surface area contributed by atoms with Crippen LogP contribution in [0, 0.1) is 11.6 Å². The third-order valence-electron chi connectivity index (χ3n) is 2.68. The maximum Gasteiger partial charge on any atom is 0.137 e. The number of hydrogen-bond donors (Lipinski definition) is 1. The highest BCUT2D eigenvalue weighted by molar-refractivity contribution is 9.10. The minimum absolute atomic E-state index is 0.00730. The number of halogens is 3. The Morgan fingerprint density at radius 3 is 2.60 bits per heavy atom. The van der Waals surface area contributed by atoms with E-state index in [0.29, 0.717) is 6.42 Å². The quantitative estimate of drug-likeness (QED) is 0.852. The molecular weight excluding hydrogens is 344 g/mol. The van der Waals surface area contributed by atoms with Gasteiger partial charge in [0.15, 0.2) is 0 Å². The predicted octanol–water partition coefficient (Wildman–Crippen LogP) is 4.77. The summed E-state index contributed by atoms with van der Waals surface area (Å²) in [7, 11) is 0. The fraction of sp³-hybridized carbons (Fsp3) is 0.200. The lowest BCUT2D eigenvalue weighted by atomic mass is 10.1. The third-order valence-corrected chi connectivity index (χ3v) is 4.31. The first-order chi connectivity index (χ1) is 9.45. The molecule has 0 aromatic heterocycles. The molecule has 2 aromatic rings. The molecular formula is C15H14BrF2NS. The Morgan fingerprint density at radius 2 is 1.90 bits per heavy atom. The molecule has 1 nitrogen and oxygen atoms in total. The Kier molecular flexibility index (Phi) is 5.18. The highest BCUT2D eigenvalue weighted by Gasteiger charge is 2.11. The summed E-state index contributed by atoms with van der Waals surface area (Å²) in [5, 5.41) is 0. The van der Waals surface area contributed by atoms with Gasteiger partial charge in [0.25, 0.3) is 0 Å². The standard InChI is InChI=1S/C15H14BrF2NS/c1-9(19)6-10-2-3-11(16)7-14(10)20-15-8-12(17)4-5-13(15)18/h2-5,7-9H,6,19H2,1H3. The van der Waals surface area contributed by atoms with Gasteiger partial charge in [-0.3, -0.25) is 0 Å². The molecule has 2 rings (SSSR count). The van der Waals surface area contributed by atoms with Crippen LogP contribution in [0.4, 0.5) is 8.78 Å². The van der Waals surface area contributed by atoms with Crippen LogP contribution < -0.4 is 5.73 Å². The van der Waals surface area contributed by atoms with Crippen LogP contribution in [0.1, 0.15) is 12.5 Å². The second-order valence-corrected chi connectivity index (χ2v) is 6.61. The Balaban J connectivity index is 2.36. The van der Waals surface area contributed by atoms with Gasteiger partial charge in [-0.25, -0.2) is 8.78 Å². The number of rotatable bonds is 4. The summed E-state index contributed by atoms with van der Waals surface area (Å²) < 4.78 is 27.9. The van der Waals surface area contributed by atoms with Gasteiger partial charge >= 0.3 is 0 Å². The van der Waals surface area contributed by atoms with Gasteiger partial charge in [0.05, 0.1) is 4.90 Å². The second kappa shape index (κ2) is 6.70. The summed E-state index contributed by atoms with van der Waals surface area (Å²) in [5.41, 5.74) is 6.85. The minimum Gasteiger partial charge on any atom is -0.328 e. The second-order valence-electron chi connectivity index (χ2n) is 4.61. The van der Waals surface area contributed by atoms with E-state index in [1.807, 2.05) is 25.1 Å². The van der Waals surface area contributed by atoms with Gasteiger partial charge in [0, 0.05) is 15.4 Å². The zero-order chi connectivity index (χ0) is 14.7. The Bertz CT molecular complexity index is 617. The van der Waals surface area contributed by atoms with Crippen LogP contribution >= 0.6 is 27.7 Å². The van der Waals surface area contributed by atoms with Gasteiger partial charge < -0.3 is 5.73 Å². The largest absolute Gasteiger partial charge is 0.328 e. The van der Waals surface area contributed by atoms with E-state index in [1.165, 1.54) is 17.8 Å². The molecule has 0 aliphatic carbocycles. The van der Waals surface area contributed by atoms with E-state index in [-0.39, 0.29) is 10.9 Å². The molecule has 0 heterocycles.